The van der Waals surface area contributed by atoms with Crippen LogP contribution in [0.5, 0.6) is 0 Å². The van der Waals surface area contributed by atoms with Gasteiger partial charge in [0, 0.05) is 17.8 Å². The summed E-state index contributed by atoms with van der Waals surface area (Å²) < 4.78 is 0. The number of anilines is 1. The van der Waals surface area contributed by atoms with E-state index >= 15 is 0 Å². The van der Waals surface area contributed by atoms with Gasteiger partial charge in [-0.05, 0) is 97.6 Å². The molecular weight excluding hydrogens is 380 g/mol. The minimum Gasteiger partial charge on any atom is -0.322 e. The summed E-state index contributed by atoms with van der Waals surface area (Å²) in [4.78, 5) is 15.4. The molecule has 1 aliphatic carbocycles. The molecule has 3 aromatic carbocycles. The van der Waals surface area contributed by atoms with E-state index in [0.717, 1.165) is 29.2 Å². The van der Waals surface area contributed by atoms with Crippen LogP contribution in [0.4, 0.5) is 5.69 Å². The minimum atomic E-state index is -0.0534. The van der Waals surface area contributed by atoms with E-state index in [1.807, 2.05) is 42.5 Å². The van der Waals surface area contributed by atoms with Gasteiger partial charge in [-0.1, -0.05) is 48.5 Å². The number of carbonyl (C=O) groups excluding carboxylic acids is 1. The van der Waals surface area contributed by atoms with Gasteiger partial charge < -0.3 is 10.2 Å². The molecule has 0 radical (unpaired) electrons. The first kappa shape index (κ1) is 20.0. The van der Waals surface area contributed by atoms with Gasteiger partial charge in [0.15, 0.2) is 0 Å². The summed E-state index contributed by atoms with van der Waals surface area (Å²) in [5.74, 6) is 0.719. The fourth-order valence-corrected chi connectivity index (χ4v) is 5.04. The Morgan fingerprint density at radius 1 is 0.871 bits per heavy atom. The number of carbonyl (C=O) groups is 1. The zero-order valence-corrected chi connectivity index (χ0v) is 18.0. The molecule has 1 fully saturated rings. The van der Waals surface area contributed by atoms with Crippen molar-refractivity contribution >= 4 is 11.6 Å². The summed E-state index contributed by atoms with van der Waals surface area (Å²) in [7, 11) is 0. The second kappa shape index (κ2) is 9.07. The zero-order valence-electron chi connectivity index (χ0n) is 18.0. The van der Waals surface area contributed by atoms with Gasteiger partial charge in [-0.15, -0.1) is 0 Å². The van der Waals surface area contributed by atoms with E-state index in [2.05, 4.69) is 40.5 Å². The molecule has 0 bridgehead atoms. The van der Waals surface area contributed by atoms with Crippen molar-refractivity contribution in [1.29, 1.82) is 0 Å². The Balaban J connectivity index is 1.22. The Hall–Kier alpha value is -2.91. The fraction of sp³-hybridized carbons (Fsp3) is 0.321. The molecule has 1 atom stereocenters. The maximum atomic E-state index is 12.8. The Morgan fingerprint density at radius 2 is 1.61 bits per heavy atom. The van der Waals surface area contributed by atoms with Gasteiger partial charge in [0.05, 0.1) is 0 Å². The Labute approximate surface area is 185 Å². The van der Waals surface area contributed by atoms with Crippen LogP contribution in [0.3, 0.4) is 0 Å². The third kappa shape index (κ3) is 4.72. The molecule has 1 aliphatic heterocycles. The number of hydrogen-bond acceptors (Lipinski definition) is 2. The number of nitrogens with zero attached hydrogens (tertiary/aromatic N) is 1. The quantitative estimate of drug-likeness (QED) is 0.576. The Kier molecular flexibility index (Phi) is 5.86. The highest BCUT2D eigenvalue weighted by atomic mass is 16.1. The molecule has 1 amide bonds. The van der Waals surface area contributed by atoms with Crippen molar-refractivity contribution in [2.45, 2.75) is 32.1 Å². The van der Waals surface area contributed by atoms with Crippen LogP contribution in [0.15, 0.2) is 72.8 Å². The SMILES string of the molecule is O=C(Nc1ccc2c(c1)CCC(CN1CCCC1)C2)c1ccc(-c2ccccc2)cc1. The van der Waals surface area contributed by atoms with Crippen molar-refractivity contribution in [1.82, 2.24) is 4.90 Å². The van der Waals surface area contributed by atoms with E-state index in [4.69, 9.17) is 0 Å². The summed E-state index contributed by atoms with van der Waals surface area (Å²) >= 11 is 0. The first-order chi connectivity index (χ1) is 15.2. The van der Waals surface area contributed by atoms with Crippen LogP contribution in [-0.2, 0) is 12.8 Å². The summed E-state index contributed by atoms with van der Waals surface area (Å²) in [5, 5.41) is 3.09. The molecule has 158 valence electrons. The lowest BCUT2D eigenvalue weighted by molar-refractivity contribution is 0.102. The van der Waals surface area contributed by atoms with Crippen LogP contribution in [-0.4, -0.2) is 30.4 Å². The number of amides is 1. The lowest BCUT2D eigenvalue weighted by atomic mass is 9.83. The fourth-order valence-electron chi connectivity index (χ4n) is 5.04. The van der Waals surface area contributed by atoms with Crippen molar-refractivity contribution in [3.05, 3.63) is 89.5 Å². The number of benzene rings is 3. The molecule has 3 nitrogen and oxygen atoms in total. The molecule has 2 aliphatic rings. The van der Waals surface area contributed by atoms with Gasteiger partial charge in [0.2, 0.25) is 0 Å². The van der Waals surface area contributed by atoms with Crippen LogP contribution in [0.2, 0.25) is 0 Å². The maximum Gasteiger partial charge on any atom is 0.255 e. The van der Waals surface area contributed by atoms with Crippen LogP contribution < -0.4 is 5.32 Å². The van der Waals surface area contributed by atoms with Crippen LogP contribution >= 0.6 is 0 Å². The van der Waals surface area contributed by atoms with Gasteiger partial charge >= 0.3 is 0 Å². The third-order valence-electron chi connectivity index (χ3n) is 6.76. The average Bonchev–Trinajstić information content (AvgIpc) is 3.33. The first-order valence-corrected chi connectivity index (χ1v) is 11.6. The first-order valence-electron chi connectivity index (χ1n) is 11.6. The van der Waals surface area contributed by atoms with Crippen molar-refractivity contribution in [2.75, 3.05) is 25.0 Å². The van der Waals surface area contributed by atoms with Crippen LogP contribution in [0.1, 0.15) is 40.7 Å². The zero-order chi connectivity index (χ0) is 21.0. The second-order valence-electron chi connectivity index (χ2n) is 9.00. The molecular formula is C28H30N2O. The smallest absolute Gasteiger partial charge is 0.255 e. The van der Waals surface area contributed by atoms with Crippen LogP contribution in [0.25, 0.3) is 11.1 Å². The van der Waals surface area contributed by atoms with E-state index in [1.54, 1.807) is 0 Å². The van der Waals surface area contributed by atoms with E-state index in [0.29, 0.717) is 5.56 Å². The normalized spacial score (nSPS) is 18.5. The number of rotatable bonds is 5. The van der Waals surface area contributed by atoms with Crippen molar-refractivity contribution in [3.63, 3.8) is 0 Å². The largest absolute Gasteiger partial charge is 0.322 e. The highest BCUT2D eigenvalue weighted by Gasteiger charge is 2.23. The highest BCUT2D eigenvalue weighted by molar-refractivity contribution is 6.04. The van der Waals surface area contributed by atoms with Crippen molar-refractivity contribution in [2.24, 2.45) is 5.92 Å². The van der Waals surface area contributed by atoms with E-state index < -0.39 is 0 Å². The number of fused-ring (bicyclic) bond motifs is 1. The molecule has 1 saturated heterocycles. The van der Waals surface area contributed by atoms with Gasteiger partial charge in [0.1, 0.15) is 0 Å². The summed E-state index contributed by atoms with van der Waals surface area (Å²) in [5.41, 5.74) is 6.72. The lowest BCUT2D eigenvalue weighted by Gasteiger charge is -2.28. The van der Waals surface area contributed by atoms with E-state index in [-0.39, 0.29) is 5.91 Å². The summed E-state index contributed by atoms with van der Waals surface area (Å²) in [6, 6.07) is 24.5. The molecule has 0 spiro atoms. The molecule has 1 heterocycles. The highest BCUT2D eigenvalue weighted by Crippen LogP contribution is 2.29. The van der Waals surface area contributed by atoms with Crippen molar-refractivity contribution < 1.29 is 4.79 Å². The topological polar surface area (TPSA) is 32.3 Å². The third-order valence-corrected chi connectivity index (χ3v) is 6.76. The molecule has 3 aromatic rings. The number of nitrogens with one attached hydrogen (secondary N) is 1. The van der Waals surface area contributed by atoms with Gasteiger partial charge in [-0.3, -0.25) is 4.79 Å². The number of likely N-dealkylation sites (tertiary alicyclic amines) is 1. The van der Waals surface area contributed by atoms with Gasteiger partial charge in [-0.25, -0.2) is 0 Å². The van der Waals surface area contributed by atoms with Gasteiger partial charge in [0.25, 0.3) is 5.91 Å². The van der Waals surface area contributed by atoms with Crippen LogP contribution in [0, 0.1) is 5.92 Å². The molecule has 1 N–H and O–H groups in total. The molecule has 31 heavy (non-hydrogen) atoms. The summed E-state index contributed by atoms with van der Waals surface area (Å²) in [6.07, 6.45) is 6.26. The average molecular weight is 411 g/mol. The van der Waals surface area contributed by atoms with Crippen molar-refractivity contribution in [3.8, 4) is 11.1 Å². The maximum absolute atomic E-state index is 12.8. The standard InChI is InChI=1S/C28H30N2O/c31-28(24-12-10-23(11-13-24)22-6-2-1-3-7-22)29-27-15-14-25-18-21(8-9-26(25)19-27)20-30-16-4-5-17-30/h1-3,6-7,10-15,19,21H,4-5,8-9,16-18,20H2,(H,29,31). The number of hydrogen-bond donors (Lipinski definition) is 1. The van der Waals surface area contributed by atoms with E-state index in [9.17, 15) is 4.79 Å². The van der Waals surface area contributed by atoms with E-state index in [1.165, 1.54) is 56.4 Å². The molecule has 5 rings (SSSR count). The summed E-state index contributed by atoms with van der Waals surface area (Å²) in [6.45, 7) is 3.80. The minimum absolute atomic E-state index is 0.0534. The molecule has 3 heteroatoms. The lowest BCUT2D eigenvalue weighted by Crippen LogP contribution is -2.30. The monoisotopic (exact) mass is 410 g/mol. The Morgan fingerprint density at radius 3 is 2.39 bits per heavy atom. The molecule has 0 saturated carbocycles. The number of aryl methyl sites for hydroxylation is 1. The molecule has 0 aromatic heterocycles. The van der Waals surface area contributed by atoms with Gasteiger partial charge in [-0.2, -0.15) is 0 Å². The predicted molar refractivity (Wildman–Crippen MR) is 127 cm³/mol. The predicted octanol–water partition coefficient (Wildman–Crippen LogP) is 5.81. The Bertz CT molecular complexity index is 1040. The molecule has 1 unspecified atom stereocenters. The second-order valence-corrected chi connectivity index (χ2v) is 9.00.